The fourth-order valence-corrected chi connectivity index (χ4v) is 2.47. The second kappa shape index (κ2) is 6.66. The average molecular weight is 310 g/mol. The molecule has 1 aliphatic rings. The lowest BCUT2D eigenvalue weighted by Gasteiger charge is -2.24. The summed E-state index contributed by atoms with van der Waals surface area (Å²) in [7, 11) is 3.63. The third kappa shape index (κ3) is 4.20. The number of ether oxygens (including phenoxy) is 2. The summed E-state index contributed by atoms with van der Waals surface area (Å²) in [6.07, 6.45) is 3.27. The molecule has 0 aliphatic carbocycles. The van der Waals surface area contributed by atoms with Crippen molar-refractivity contribution in [1.29, 1.82) is 0 Å². The van der Waals surface area contributed by atoms with E-state index < -0.39 is 5.60 Å². The van der Waals surface area contributed by atoms with Gasteiger partial charge in [-0.15, -0.1) is 0 Å². The van der Waals surface area contributed by atoms with Crippen LogP contribution < -0.4 is 5.32 Å². The van der Waals surface area contributed by atoms with Crippen molar-refractivity contribution in [1.82, 2.24) is 19.8 Å². The van der Waals surface area contributed by atoms with Crippen LogP contribution in [0.4, 0.5) is 4.79 Å². The zero-order valence-electron chi connectivity index (χ0n) is 14.0. The maximum absolute atomic E-state index is 12.2. The molecule has 1 aromatic heterocycles. The molecule has 2 heterocycles. The summed E-state index contributed by atoms with van der Waals surface area (Å²) in [5.74, 6) is 0. The summed E-state index contributed by atoms with van der Waals surface area (Å²) < 4.78 is 12.9. The Hall–Kier alpha value is -1.60. The lowest BCUT2D eigenvalue weighted by molar-refractivity contribution is 0.0252. The number of aryl methyl sites for hydroxylation is 1. The number of aromatic nitrogens is 2. The molecule has 7 nitrogen and oxygen atoms in total. The molecule has 0 radical (unpaired) electrons. The third-order valence-corrected chi connectivity index (χ3v) is 3.68. The lowest BCUT2D eigenvalue weighted by Crippen LogP contribution is -2.40. The number of nitrogens with one attached hydrogen (secondary N) is 1. The normalized spacial score (nSPS) is 22.1. The highest BCUT2D eigenvalue weighted by atomic mass is 16.6. The van der Waals surface area contributed by atoms with E-state index in [0.717, 1.165) is 5.69 Å². The van der Waals surface area contributed by atoms with E-state index in [1.807, 2.05) is 38.6 Å². The highest BCUT2D eigenvalue weighted by Gasteiger charge is 2.37. The van der Waals surface area contributed by atoms with Crippen LogP contribution in [0.1, 0.15) is 26.5 Å². The Morgan fingerprint density at radius 1 is 1.45 bits per heavy atom. The molecule has 1 fully saturated rings. The van der Waals surface area contributed by atoms with Gasteiger partial charge in [-0.05, 0) is 20.8 Å². The average Bonchev–Trinajstić information content (AvgIpc) is 3.00. The van der Waals surface area contributed by atoms with Crippen LogP contribution in [-0.4, -0.2) is 58.5 Å². The number of methoxy groups -OCH3 is 1. The maximum atomic E-state index is 12.2. The SMILES string of the molecule is CO[C@H]1CN(C(=O)OC(C)(C)C)CC1NCc1cncn1C. The molecule has 1 aromatic rings. The van der Waals surface area contributed by atoms with Crippen LogP contribution in [0.15, 0.2) is 12.5 Å². The molecule has 0 saturated carbocycles. The number of rotatable bonds is 4. The molecule has 1 saturated heterocycles. The van der Waals surface area contributed by atoms with Crippen molar-refractivity contribution in [2.24, 2.45) is 7.05 Å². The molecule has 7 heteroatoms. The number of hydrogen-bond donors (Lipinski definition) is 1. The maximum Gasteiger partial charge on any atom is 0.410 e. The van der Waals surface area contributed by atoms with Crippen molar-refractivity contribution in [2.75, 3.05) is 20.2 Å². The molecule has 0 spiro atoms. The monoisotopic (exact) mass is 310 g/mol. The number of imidazole rings is 1. The number of carbonyl (C=O) groups is 1. The fraction of sp³-hybridized carbons (Fsp3) is 0.733. The van der Waals surface area contributed by atoms with Crippen molar-refractivity contribution in [3.05, 3.63) is 18.2 Å². The molecule has 22 heavy (non-hydrogen) atoms. The first-order valence-electron chi connectivity index (χ1n) is 7.49. The molecule has 1 aliphatic heterocycles. The molecule has 1 N–H and O–H groups in total. The van der Waals surface area contributed by atoms with E-state index in [2.05, 4.69) is 10.3 Å². The predicted octanol–water partition coefficient (Wildman–Crippen LogP) is 1.14. The van der Waals surface area contributed by atoms with Gasteiger partial charge in [-0.25, -0.2) is 9.78 Å². The number of amides is 1. The Morgan fingerprint density at radius 3 is 2.73 bits per heavy atom. The summed E-state index contributed by atoms with van der Waals surface area (Å²) >= 11 is 0. The standard InChI is InChI=1S/C15H26N4O3/c1-15(2,3)22-14(20)19-8-12(13(9-19)21-5)17-7-11-6-16-10-18(11)4/h6,10,12-13,17H,7-9H2,1-5H3/t12?,13-/m0/s1. The van der Waals surface area contributed by atoms with Gasteiger partial charge in [-0.2, -0.15) is 0 Å². The number of likely N-dealkylation sites (tertiary alicyclic amines) is 1. The van der Waals surface area contributed by atoms with Crippen LogP contribution >= 0.6 is 0 Å². The van der Waals surface area contributed by atoms with Crippen LogP contribution in [0.25, 0.3) is 0 Å². The van der Waals surface area contributed by atoms with Gasteiger partial charge < -0.3 is 24.3 Å². The largest absolute Gasteiger partial charge is 0.444 e. The van der Waals surface area contributed by atoms with Crippen molar-refractivity contribution >= 4 is 6.09 Å². The van der Waals surface area contributed by atoms with E-state index in [0.29, 0.717) is 19.6 Å². The molecule has 1 amide bonds. The number of nitrogens with zero attached hydrogens (tertiary/aromatic N) is 3. The van der Waals surface area contributed by atoms with Crippen LogP contribution in [0.5, 0.6) is 0 Å². The molecule has 0 aromatic carbocycles. The smallest absolute Gasteiger partial charge is 0.410 e. The summed E-state index contributed by atoms with van der Waals surface area (Å²) in [4.78, 5) is 18.0. The van der Waals surface area contributed by atoms with Gasteiger partial charge in [0.25, 0.3) is 0 Å². The molecular formula is C15H26N4O3. The Kier molecular flexibility index (Phi) is 5.08. The predicted molar refractivity (Wildman–Crippen MR) is 82.4 cm³/mol. The highest BCUT2D eigenvalue weighted by Crippen LogP contribution is 2.18. The number of carbonyl (C=O) groups excluding carboxylic acids is 1. The molecular weight excluding hydrogens is 284 g/mol. The van der Waals surface area contributed by atoms with E-state index in [-0.39, 0.29) is 18.2 Å². The van der Waals surface area contributed by atoms with E-state index >= 15 is 0 Å². The van der Waals surface area contributed by atoms with E-state index in [9.17, 15) is 4.79 Å². The van der Waals surface area contributed by atoms with E-state index in [1.165, 1.54) is 0 Å². The summed E-state index contributed by atoms with van der Waals surface area (Å²) in [6, 6.07) is 0.0763. The van der Waals surface area contributed by atoms with Gasteiger partial charge in [-0.3, -0.25) is 0 Å². The van der Waals surface area contributed by atoms with Crippen molar-refractivity contribution in [3.8, 4) is 0 Å². The third-order valence-electron chi connectivity index (χ3n) is 3.68. The van der Waals surface area contributed by atoms with Crippen LogP contribution in [0.3, 0.4) is 0 Å². The van der Waals surface area contributed by atoms with Crippen LogP contribution in [0.2, 0.25) is 0 Å². The minimum atomic E-state index is -0.486. The molecule has 2 atom stereocenters. The Morgan fingerprint density at radius 2 is 2.18 bits per heavy atom. The van der Waals surface area contributed by atoms with E-state index in [1.54, 1.807) is 18.3 Å². The fourth-order valence-electron chi connectivity index (χ4n) is 2.47. The van der Waals surface area contributed by atoms with Gasteiger partial charge in [0.2, 0.25) is 0 Å². The minimum absolute atomic E-state index is 0.0410. The van der Waals surface area contributed by atoms with Gasteiger partial charge >= 0.3 is 6.09 Å². The van der Waals surface area contributed by atoms with Gasteiger partial charge in [-0.1, -0.05) is 0 Å². The van der Waals surface area contributed by atoms with Crippen molar-refractivity contribution in [3.63, 3.8) is 0 Å². The summed E-state index contributed by atoms with van der Waals surface area (Å²) in [5, 5.41) is 3.44. The van der Waals surface area contributed by atoms with Crippen molar-refractivity contribution in [2.45, 2.75) is 45.1 Å². The second-order valence-electron chi connectivity index (χ2n) is 6.64. The van der Waals surface area contributed by atoms with Gasteiger partial charge in [0, 0.05) is 33.4 Å². The Balaban J connectivity index is 1.92. The minimum Gasteiger partial charge on any atom is -0.444 e. The highest BCUT2D eigenvalue weighted by molar-refractivity contribution is 5.68. The molecule has 124 valence electrons. The first-order chi connectivity index (χ1) is 10.3. The second-order valence-corrected chi connectivity index (χ2v) is 6.64. The lowest BCUT2D eigenvalue weighted by atomic mass is 10.2. The first-order valence-corrected chi connectivity index (χ1v) is 7.49. The first kappa shape index (κ1) is 16.8. The zero-order valence-corrected chi connectivity index (χ0v) is 14.0. The molecule has 0 bridgehead atoms. The van der Waals surface area contributed by atoms with Gasteiger partial charge in [0.15, 0.2) is 0 Å². The molecule has 1 unspecified atom stereocenters. The number of hydrogen-bond acceptors (Lipinski definition) is 5. The van der Waals surface area contributed by atoms with Gasteiger partial charge in [0.05, 0.1) is 30.7 Å². The quantitative estimate of drug-likeness (QED) is 0.903. The Bertz CT molecular complexity index is 509. The zero-order chi connectivity index (χ0) is 16.3. The van der Waals surface area contributed by atoms with Crippen LogP contribution in [0, 0.1) is 0 Å². The van der Waals surface area contributed by atoms with E-state index in [4.69, 9.17) is 9.47 Å². The Labute approximate surface area is 131 Å². The van der Waals surface area contributed by atoms with Gasteiger partial charge in [0.1, 0.15) is 5.60 Å². The topological polar surface area (TPSA) is 68.6 Å². The summed E-state index contributed by atoms with van der Waals surface area (Å²) in [5.41, 5.74) is 0.602. The van der Waals surface area contributed by atoms with Crippen molar-refractivity contribution < 1.29 is 14.3 Å². The van der Waals surface area contributed by atoms with Crippen LogP contribution in [-0.2, 0) is 23.1 Å². The molecule has 2 rings (SSSR count). The summed E-state index contributed by atoms with van der Waals surface area (Å²) in [6.45, 7) is 7.40.